The van der Waals surface area contributed by atoms with E-state index in [1.807, 2.05) is 25.1 Å². The maximum absolute atomic E-state index is 11.0. The molecule has 0 saturated heterocycles. The van der Waals surface area contributed by atoms with Crippen molar-refractivity contribution in [2.75, 3.05) is 18.2 Å². The van der Waals surface area contributed by atoms with Crippen LogP contribution in [0.5, 0.6) is 5.75 Å². The number of nitrogens with two attached hydrogens (primary N) is 1. The average molecular weight is 272 g/mol. The molecule has 20 heavy (non-hydrogen) atoms. The van der Waals surface area contributed by atoms with Gasteiger partial charge in [0.25, 0.3) is 0 Å². The molecule has 0 heterocycles. The number of hydrogen-bond donors (Lipinski definition) is 3. The van der Waals surface area contributed by atoms with Crippen LogP contribution in [0.4, 0.5) is 17.1 Å². The third kappa shape index (κ3) is 2.83. The molecule has 0 radical (unpaired) electrons. The molecule has 0 saturated carbocycles. The highest BCUT2D eigenvalue weighted by Crippen LogP contribution is 2.25. The number of rotatable bonds is 4. The molecule has 0 unspecified atom stereocenters. The van der Waals surface area contributed by atoms with Gasteiger partial charge in [0, 0.05) is 17.1 Å². The average Bonchev–Trinajstić information content (AvgIpc) is 2.41. The van der Waals surface area contributed by atoms with Crippen molar-refractivity contribution in [3.05, 3.63) is 47.5 Å². The molecular formula is C15H16N2O3. The quantitative estimate of drug-likeness (QED) is 0.745. The summed E-state index contributed by atoms with van der Waals surface area (Å²) >= 11 is 0. The molecule has 0 bridgehead atoms. The van der Waals surface area contributed by atoms with E-state index < -0.39 is 5.97 Å². The number of carbonyl (C=O) groups is 1. The van der Waals surface area contributed by atoms with Crippen LogP contribution < -0.4 is 15.8 Å². The first-order valence-corrected chi connectivity index (χ1v) is 6.05. The number of hydrogen-bond acceptors (Lipinski definition) is 4. The maximum atomic E-state index is 11.0. The zero-order valence-corrected chi connectivity index (χ0v) is 11.3. The smallest absolute Gasteiger partial charge is 0.337 e. The van der Waals surface area contributed by atoms with Crippen molar-refractivity contribution in [2.24, 2.45) is 0 Å². The van der Waals surface area contributed by atoms with E-state index >= 15 is 0 Å². The number of nitrogens with one attached hydrogen (secondary N) is 1. The number of aromatic carboxylic acids is 1. The summed E-state index contributed by atoms with van der Waals surface area (Å²) in [5, 5.41) is 12.2. The van der Waals surface area contributed by atoms with Crippen LogP contribution in [0.15, 0.2) is 36.4 Å². The SMILES string of the molecule is COc1ccc(Nc2ccc(N)c(C(=O)O)c2)cc1C. The Morgan fingerprint density at radius 1 is 1.20 bits per heavy atom. The molecule has 0 spiro atoms. The Labute approximate surface area is 117 Å². The van der Waals surface area contributed by atoms with Gasteiger partial charge in [-0.05, 0) is 48.9 Å². The molecule has 0 aliphatic rings. The summed E-state index contributed by atoms with van der Waals surface area (Å²) in [5.41, 5.74) is 8.46. The summed E-state index contributed by atoms with van der Waals surface area (Å²) < 4.78 is 5.19. The van der Waals surface area contributed by atoms with Crippen LogP contribution in [0.2, 0.25) is 0 Å². The second-order valence-electron chi connectivity index (χ2n) is 4.42. The van der Waals surface area contributed by atoms with E-state index in [0.717, 1.165) is 17.0 Å². The highest BCUT2D eigenvalue weighted by molar-refractivity contribution is 5.95. The number of aryl methyl sites for hydroxylation is 1. The van der Waals surface area contributed by atoms with Crippen molar-refractivity contribution in [1.29, 1.82) is 0 Å². The van der Waals surface area contributed by atoms with Gasteiger partial charge < -0.3 is 20.9 Å². The Morgan fingerprint density at radius 2 is 1.85 bits per heavy atom. The van der Waals surface area contributed by atoms with E-state index in [-0.39, 0.29) is 11.3 Å². The third-order valence-electron chi connectivity index (χ3n) is 2.97. The number of carboxylic acid groups (broad SMARTS) is 1. The van der Waals surface area contributed by atoms with Crippen LogP contribution in [0.25, 0.3) is 0 Å². The van der Waals surface area contributed by atoms with Gasteiger partial charge in [-0.15, -0.1) is 0 Å². The summed E-state index contributed by atoms with van der Waals surface area (Å²) in [6, 6.07) is 10.5. The number of carboxylic acids is 1. The number of benzene rings is 2. The number of anilines is 3. The van der Waals surface area contributed by atoms with E-state index in [0.29, 0.717) is 5.69 Å². The first-order valence-electron chi connectivity index (χ1n) is 6.05. The fraction of sp³-hybridized carbons (Fsp3) is 0.133. The molecule has 5 heteroatoms. The van der Waals surface area contributed by atoms with E-state index in [1.54, 1.807) is 19.2 Å². The first kappa shape index (κ1) is 13.7. The lowest BCUT2D eigenvalue weighted by Crippen LogP contribution is -2.03. The van der Waals surface area contributed by atoms with E-state index in [1.165, 1.54) is 6.07 Å². The molecule has 0 aliphatic carbocycles. The fourth-order valence-corrected chi connectivity index (χ4v) is 1.94. The molecule has 2 rings (SSSR count). The Morgan fingerprint density at radius 3 is 2.45 bits per heavy atom. The monoisotopic (exact) mass is 272 g/mol. The van der Waals surface area contributed by atoms with Gasteiger partial charge in [-0.1, -0.05) is 0 Å². The lowest BCUT2D eigenvalue weighted by Gasteiger charge is -2.11. The first-order chi connectivity index (χ1) is 9.51. The van der Waals surface area contributed by atoms with Crippen LogP contribution in [0.3, 0.4) is 0 Å². The molecule has 0 aliphatic heterocycles. The fourth-order valence-electron chi connectivity index (χ4n) is 1.94. The maximum Gasteiger partial charge on any atom is 0.337 e. The molecule has 2 aromatic rings. The van der Waals surface area contributed by atoms with E-state index in [2.05, 4.69) is 5.32 Å². The van der Waals surface area contributed by atoms with Crippen molar-refractivity contribution in [3.63, 3.8) is 0 Å². The Kier molecular flexibility index (Phi) is 3.79. The van der Waals surface area contributed by atoms with Gasteiger partial charge in [0.1, 0.15) is 5.75 Å². The molecule has 2 aromatic carbocycles. The number of nitrogen functional groups attached to an aromatic ring is 1. The number of methoxy groups -OCH3 is 1. The van der Waals surface area contributed by atoms with Crippen molar-refractivity contribution >= 4 is 23.0 Å². The minimum atomic E-state index is -1.04. The third-order valence-corrected chi connectivity index (χ3v) is 2.97. The normalized spacial score (nSPS) is 10.1. The minimum absolute atomic E-state index is 0.0835. The molecular weight excluding hydrogens is 256 g/mol. The standard InChI is InChI=1S/C15H16N2O3/c1-9-7-10(4-6-14(9)20-2)17-11-3-5-13(16)12(8-11)15(18)19/h3-8,17H,16H2,1-2H3,(H,18,19). The van der Waals surface area contributed by atoms with Crippen molar-refractivity contribution < 1.29 is 14.6 Å². The van der Waals surface area contributed by atoms with Gasteiger partial charge in [0.05, 0.1) is 12.7 Å². The summed E-state index contributed by atoms with van der Waals surface area (Å²) in [6.45, 7) is 1.94. The largest absolute Gasteiger partial charge is 0.496 e. The zero-order chi connectivity index (χ0) is 14.7. The highest BCUT2D eigenvalue weighted by Gasteiger charge is 2.09. The van der Waals surface area contributed by atoms with E-state index in [9.17, 15) is 4.79 Å². The van der Waals surface area contributed by atoms with Crippen LogP contribution >= 0.6 is 0 Å². The molecule has 0 atom stereocenters. The topological polar surface area (TPSA) is 84.6 Å². The van der Waals surface area contributed by atoms with Crippen LogP contribution in [0, 0.1) is 6.92 Å². The Balaban J connectivity index is 2.28. The van der Waals surface area contributed by atoms with Crippen molar-refractivity contribution in [3.8, 4) is 5.75 Å². The second-order valence-corrected chi connectivity index (χ2v) is 4.42. The zero-order valence-electron chi connectivity index (χ0n) is 11.3. The summed E-state index contributed by atoms with van der Waals surface area (Å²) in [5.74, 6) is -0.240. The predicted molar refractivity (Wildman–Crippen MR) is 78.8 cm³/mol. The predicted octanol–water partition coefficient (Wildman–Crippen LogP) is 3.03. The lowest BCUT2D eigenvalue weighted by molar-refractivity contribution is 0.0698. The molecule has 4 N–H and O–H groups in total. The van der Waals surface area contributed by atoms with E-state index in [4.69, 9.17) is 15.6 Å². The van der Waals surface area contributed by atoms with Gasteiger partial charge in [-0.2, -0.15) is 0 Å². The van der Waals surface area contributed by atoms with Crippen LogP contribution in [-0.4, -0.2) is 18.2 Å². The van der Waals surface area contributed by atoms with Gasteiger partial charge in [-0.3, -0.25) is 0 Å². The molecule has 0 amide bonds. The second kappa shape index (κ2) is 5.52. The lowest BCUT2D eigenvalue weighted by atomic mass is 10.1. The van der Waals surface area contributed by atoms with Crippen LogP contribution in [-0.2, 0) is 0 Å². The Hall–Kier alpha value is -2.69. The highest BCUT2D eigenvalue weighted by atomic mass is 16.5. The molecule has 5 nitrogen and oxygen atoms in total. The van der Waals surface area contributed by atoms with Crippen LogP contribution in [0.1, 0.15) is 15.9 Å². The Bertz CT molecular complexity index is 654. The van der Waals surface area contributed by atoms with Gasteiger partial charge in [0.15, 0.2) is 0 Å². The summed E-state index contributed by atoms with van der Waals surface area (Å²) in [4.78, 5) is 11.0. The van der Waals surface area contributed by atoms with Gasteiger partial charge in [0.2, 0.25) is 0 Å². The van der Waals surface area contributed by atoms with Crippen molar-refractivity contribution in [1.82, 2.24) is 0 Å². The van der Waals surface area contributed by atoms with Gasteiger partial charge in [-0.25, -0.2) is 4.79 Å². The molecule has 0 aromatic heterocycles. The number of ether oxygens (including phenoxy) is 1. The van der Waals surface area contributed by atoms with Gasteiger partial charge >= 0.3 is 5.97 Å². The summed E-state index contributed by atoms with van der Waals surface area (Å²) in [6.07, 6.45) is 0. The summed E-state index contributed by atoms with van der Waals surface area (Å²) in [7, 11) is 1.62. The van der Waals surface area contributed by atoms with Crippen molar-refractivity contribution in [2.45, 2.75) is 6.92 Å². The molecule has 104 valence electrons. The minimum Gasteiger partial charge on any atom is -0.496 e. The molecule has 0 fully saturated rings.